The molecule has 2 fully saturated rings. The molecule has 0 bridgehead atoms. The Labute approximate surface area is 136 Å². The van der Waals surface area contributed by atoms with E-state index in [0.29, 0.717) is 25.6 Å². The SMILES string of the molecule is Cl.O=C(COCC1CC1)N1CCNCC1c1cccc(F)c1. The van der Waals surface area contributed by atoms with E-state index in [9.17, 15) is 9.18 Å². The van der Waals surface area contributed by atoms with Crippen LogP contribution < -0.4 is 5.32 Å². The van der Waals surface area contributed by atoms with E-state index in [2.05, 4.69) is 5.32 Å². The van der Waals surface area contributed by atoms with Crippen LogP contribution in [0.25, 0.3) is 0 Å². The predicted molar refractivity (Wildman–Crippen MR) is 84.5 cm³/mol. The second-order valence-corrected chi connectivity index (χ2v) is 5.82. The minimum atomic E-state index is -0.268. The standard InChI is InChI=1S/C16H21FN2O2.ClH/c17-14-3-1-2-13(8-14)15-9-18-6-7-19(15)16(20)11-21-10-12-4-5-12;/h1-3,8,12,15,18H,4-7,9-11H2;1H. The molecule has 1 aromatic carbocycles. The molecular formula is C16H22ClFN2O2. The van der Waals surface area contributed by atoms with Gasteiger partial charge >= 0.3 is 0 Å². The largest absolute Gasteiger partial charge is 0.371 e. The number of ether oxygens (including phenoxy) is 1. The van der Waals surface area contributed by atoms with Gasteiger partial charge in [0.15, 0.2) is 0 Å². The fourth-order valence-corrected chi connectivity index (χ4v) is 2.69. The van der Waals surface area contributed by atoms with Crippen LogP contribution in [0.4, 0.5) is 4.39 Å². The van der Waals surface area contributed by atoms with Crippen molar-refractivity contribution in [1.29, 1.82) is 0 Å². The summed E-state index contributed by atoms with van der Waals surface area (Å²) in [6.45, 7) is 2.86. The van der Waals surface area contributed by atoms with Gasteiger partial charge in [-0.3, -0.25) is 4.79 Å². The number of piperazine rings is 1. The highest BCUT2D eigenvalue weighted by molar-refractivity contribution is 5.85. The van der Waals surface area contributed by atoms with E-state index >= 15 is 0 Å². The van der Waals surface area contributed by atoms with Gasteiger partial charge < -0.3 is 15.0 Å². The first kappa shape index (κ1) is 17.2. The van der Waals surface area contributed by atoms with Crippen molar-refractivity contribution in [1.82, 2.24) is 10.2 Å². The number of carbonyl (C=O) groups excluding carboxylic acids is 1. The minimum absolute atomic E-state index is 0. The van der Waals surface area contributed by atoms with Gasteiger partial charge in [0.25, 0.3) is 0 Å². The molecule has 1 aliphatic carbocycles. The fraction of sp³-hybridized carbons (Fsp3) is 0.562. The molecule has 0 spiro atoms. The Morgan fingerprint density at radius 2 is 2.23 bits per heavy atom. The number of nitrogens with one attached hydrogen (secondary N) is 1. The number of hydrogen-bond donors (Lipinski definition) is 1. The zero-order chi connectivity index (χ0) is 14.7. The number of benzene rings is 1. The van der Waals surface area contributed by atoms with Gasteiger partial charge in [0.05, 0.1) is 12.6 Å². The molecule has 2 aliphatic rings. The van der Waals surface area contributed by atoms with Crippen LogP contribution >= 0.6 is 12.4 Å². The van der Waals surface area contributed by atoms with Crippen LogP contribution in [0.15, 0.2) is 24.3 Å². The number of hydrogen-bond acceptors (Lipinski definition) is 3. The molecule has 1 aromatic rings. The maximum absolute atomic E-state index is 13.4. The Kier molecular flexibility index (Phi) is 6.17. The molecule has 6 heteroatoms. The van der Waals surface area contributed by atoms with Crippen LogP contribution in [-0.4, -0.2) is 43.7 Å². The maximum atomic E-state index is 13.4. The molecule has 3 rings (SSSR count). The molecule has 122 valence electrons. The van der Waals surface area contributed by atoms with Crippen molar-refractivity contribution >= 4 is 18.3 Å². The topological polar surface area (TPSA) is 41.6 Å². The molecule has 1 heterocycles. The van der Waals surface area contributed by atoms with E-state index in [0.717, 1.165) is 12.1 Å². The first-order valence-corrected chi connectivity index (χ1v) is 7.57. The zero-order valence-corrected chi connectivity index (χ0v) is 13.3. The van der Waals surface area contributed by atoms with E-state index in [4.69, 9.17) is 4.74 Å². The smallest absolute Gasteiger partial charge is 0.249 e. The highest BCUT2D eigenvalue weighted by Crippen LogP contribution is 2.29. The molecule has 4 nitrogen and oxygen atoms in total. The second kappa shape index (κ2) is 7.90. The lowest BCUT2D eigenvalue weighted by atomic mass is 10.0. The molecule has 22 heavy (non-hydrogen) atoms. The highest BCUT2D eigenvalue weighted by atomic mass is 35.5. The van der Waals surface area contributed by atoms with Gasteiger partial charge in [0.2, 0.25) is 5.91 Å². The van der Waals surface area contributed by atoms with Gasteiger partial charge in [-0.25, -0.2) is 4.39 Å². The average Bonchev–Trinajstić information content (AvgIpc) is 3.31. The van der Waals surface area contributed by atoms with Crippen LogP contribution in [0.1, 0.15) is 24.4 Å². The van der Waals surface area contributed by atoms with Gasteiger partial charge in [-0.1, -0.05) is 12.1 Å². The average molecular weight is 329 g/mol. The van der Waals surface area contributed by atoms with Crippen molar-refractivity contribution < 1.29 is 13.9 Å². The van der Waals surface area contributed by atoms with E-state index < -0.39 is 0 Å². The van der Waals surface area contributed by atoms with Gasteiger partial charge in [-0.15, -0.1) is 12.4 Å². The van der Waals surface area contributed by atoms with Crippen LogP contribution in [0, 0.1) is 11.7 Å². The number of rotatable bonds is 5. The Bertz CT molecular complexity index is 511. The van der Waals surface area contributed by atoms with E-state index in [1.807, 2.05) is 6.07 Å². The summed E-state index contributed by atoms with van der Waals surface area (Å²) >= 11 is 0. The monoisotopic (exact) mass is 328 g/mol. The zero-order valence-electron chi connectivity index (χ0n) is 12.5. The normalized spacial score (nSPS) is 21.3. The van der Waals surface area contributed by atoms with Crippen molar-refractivity contribution in [2.24, 2.45) is 5.92 Å². The van der Waals surface area contributed by atoms with Crippen LogP contribution in [-0.2, 0) is 9.53 Å². The van der Waals surface area contributed by atoms with Gasteiger partial charge in [0, 0.05) is 19.6 Å². The summed E-state index contributed by atoms with van der Waals surface area (Å²) in [5.74, 6) is 0.377. The molecule has 1 N–H and O–H groups in total. The van der Waals surface area contributed by atoms with Crippen molar-refractivity contribution in [3.63, 3.8) is 0 Å². The first-order chi connectivity index (χ1) is 10.2. The van der Waals surface area contributed by atoms with Crippen LogP contribution in [0.5, 0.6) is 0 Å². The lowest BCUT2D eigenvalue weighted by molar-refractivity contribution is -0.139. The molecule has 1 atom stereocenters. The molecule has 0 radical (unpaired) electrons. The van der Waals surface area contributed by atoms with Crippen molar-refractivity contribution in [2.45, 2.75) is 18.9 Å². The Hall–Kier alpha value is -1.17. The minimum Gasteiger partial charge on any atom is -0.371 e. The Balaban J connectivity index is 0.00000176. The van der Waals surface area contributed by atoms with E-state index in [1.54, 1.807) is 11.0 Å². The Morgan fingerprint density at radius 3 is 2.95 bits per heavy atom. The summed E-state index contributed by atoms with van der Waals surface area (Å²) in [5.41, 5.74) is 0.831. The molecule has 1 aliphatic heterocycles. The molecule has 0 aromatic heterocycles. The van der Waals surface area contributed by atoms with Crippen LogP contribution in [0.2, 0.25) is 0 Å². The second-order valence-electron chi connectivity index (χ2n) is 5.82. The van der Waals surface area contributed by atoms with Crippen LogP contribution in [0.3, 0.4) is 0 Å². The highest BCUT2D eigenvalue weighted by Gasteiger charge is 2.28. The van der Waals surface area contributed by atoms with E-state index in [-0.39, 0.29) is 36.8 Å². The van der Waals surface area contributed by atoms with Crippen molar-refractivity contribution in [2.75, 3.05) is 32.8 Å². The van der Waals surface area contributed by atoms with Gasteiger partial charge in [0.1, 0.15) is 12.4 Å². The summed E-state index contributed by atoms with van der Waals surface area (Å²) in [6, 6.07) is 6.36. The third kappa shape index (κ3) is 4.41. The molecular weight excluding hydrogens is 307 g/mol. The first-order valence-electron chi connectivity index (χ1n) is 7.57. The number of nitrogens with zero attached hydrogens (tertiary/aromatic N) is 1. The van der Waals surface area contributed by atoms with E-state index in [1.165, 1.54) is 25.0 Å². The lowest BCUT2D eigenvalue weighted by Gasteiger charge is -2.36. The maximum Gasteiger partial charge on any atom is 0.249 e. The molecule has 1 saturated carbocycles. The fourth-order valence-electron chi connectivity index (χ4n) is 2.69. The third-order valence-corrected chi connectivity index (χ3v) is 4.07. The van der Waals surface area contributed by atoms with Gasteiger partial charge in [-0.2, -0.15) is 0 Å². The molecule has 1 unspecified atom stereocenters. The number of halogens is 2. The summed E-state index contributed by atoms with van der Waals surface area (Å²) < 4.78 is 18.9. The summed E-state index contributed by atoms with van der Waals surface area (Å²) in [5, 5.41) is 3.26. The summed E-state index contributed by atoms with van der Waals surface area (Å²) in [7, 11) is 0. The Morgan fingerprint density at radius 1 is 1.41 bits per heavy atom. The summed E-state index contributed by atoms with van der Waals surface area (Å²) in [6.07, 6.45) is 2.43. The number of carbonyl (C=O) groups is 1. The van der Waals surface area contributed by atoms with Crippen molar-refractivity contribution in [3.05, 3.63) is 35.6 Å². The quantitative estimate of drug-likeness (QED) is 0.900. The van der Waals surface area contributed by atoms with Crippen molar-refractivity contribution in [3.8, 4) is 0 Å². The number of amides is 1. The van der Waals surface area contributed by atoms with Gasteiger partial charge in [-0.05, 0) is 36.5 Å². The third-order valence-electron chi connectivity index (χ3n) is 4.07. The lowest BCUT2D eigenvalue weighted by Crippen LogP contribution is -2.49. The molecule has 1 amide bonds. The molecule has 1 saturated heterocycles. The summed E-state index contributed by atoms with van der Waals surface area (Å²) in [4.78, 5) is 14.2. The predicted octanol–water partition coefficient (Wildman–Crippen LogP) is 2.15.